The van der Waals surface area contributed by atoms with Crippen LogP contribution in [0.4, 0.5) is 0 Å². The molecule has 0 aromatic heterocycles. The number of rotatable bonds is 10. The molecule has 0 saturated carbocycles. The predicted octanol–water partition coefficient (Wildman–Crippen LogP) is 3.60. The number of carbonyl (C=O) groups excluding carboxylic acids is 2. The Morgan fingerprint density at radius 2 is 1.74 bits per heavy atom. The number of ketones is 1. The summed E-state index contributed by atoms with van der Waals surface area (Å²) in [4.78, 5) is 24.0. The van der Waals surface area contributed by atoms with Gasteiger partial charge in [0.2, 0.25) is 0 Å². The number of methoxy groups -OCH3 is 2. The maximum atomic E-state index is 12.2. The highest BCUT2D eigenvalue weighted by atomic mass is 16.5. The molecule has 0 heterocycles. The topological polar surface area (TPSA) is 71.1 Å². The molecule has 2 rings (SSSR count). The fraction of sp³-hybridized carbons (Fsp3) is 0.333. The SMILES string of the molecule is COc1ccc(C(=O)COC(=O)CCCOc2cccc(C)c2)cc1OC. The summed E-state index contributed by atoms with van der Waals surface area (Å²) < 4.78 is 20.9. The maximum absolute atomic E-state index is 12.2. The van der Waals surface area contributed by atoms with Gasteiger partial charge in [0.1, 0.15) is 5.75 Å². The molecule has 2 aromatic carbocycles. The second-order valence-electron chi connectivity index (χ2n) is 5.92. The molecule has 0 bridgehead atoms. The minimum atomic E-state index is -0.434. The Labute approximate surface area is 159 Å². The molecule has 0 aliphatic carbocycles. The van der Waals surface area contributed by atoms with Gasteiger partial charge in [-0.05, 0) is 49.2 Å². The second kappa shape index (κ2) is 10.2. The largest absolute Gasteiger partial charge is 0.494 e. The molecule has 144 valence electrons. The van der Waals surface area contributed by atoms with Gasteiger partial charge in [-0.3, -0.25) is 9.59 Å². The molecule has 6 nitrogen and oxygen atoms in total. The quantitative estimate of drug-likeness (QED) is 0.361. The first-order valence-corrected chi connectivity index (χ1v) is 8.64. The molecule has 0 N–H and O–H groups in total. The molecular formula is C21H24O6. The van der Waals surface area contributed by atoms with E-state index in [0.29, 0.717) is 30.1 Å². The van der Waals surface area contributed by atoms with Crippen LogP contribution < -0.4 is 14.2 Å². The minimum Gasteiger partial charge on any atom is -0.494 e. The number of hydrogen-bond donors (Lipinski definition) is 0. The summed E-state index contributed by atoms with van der Waals surface area (Å²) in [6.07, 6.45) is 0.697. The lowest BCUT2D eigenvalue weighted by Crippen LogP contribution is -2.15. The van der Waals surface area contributed by atoms with Crippen molar-refractivity contribution < 1.29 is 28.5 Å². The first-order valence-electron chi connectivity index (χ1n) is 8.64. The van der Waals surface area contributed by atoms with Crippen molar-refractivity contribution in [3.05, 3.63) is 53.6 Å². The lowest BCUT2D eigenvalue weighted by atomic mass is 10.1. The van der Waals surface area contributed by atoms with Crippen LogP contribution in [-0.4, -0.2) is 39.2 Å². The molecule has 0 aliphatic heterocycles. The highest BCUT2D eigenvalue weighted by Gasteiger charge is 2.13. The number of benzene rings is 2. The summed E-state index contributed by atoms with van der Waals surface area (Å²) in [7, 11) is 3.01. The van der Waals surface area contributed by atoms with Crippen LogP contribution in [0.5, 0.6) is 17.2 Å². The number of Topliss-reactive ketones (excluding diaryl/α,β-unsaturated/α-hetero) is 1. The van der Waals surface area contributed by atoms with E-state index in [-0.39, 0.29) is 18.8 Å². The Hall–Kier alpha value is -3.02. The van der Waals surface area contributed by atoms with Crippen molar-refractivity contribution in [3.63, 3.8) is 0 Å². The predicted molar refractivity (Wildman–Crippen MR) is 101 cm³/mol. The molecule has 0 amide bonds. The van der Waals surface area contributed by atoms with Crippen LogP contribution in [0.2, 0.25) is 0 Å². The Morgan fingerprint density at radius 3 is 2.44 bits per heavy atom. The Morgan fingerprint density at radius 1 is 0.963 bits per heavy atom. The molecule has 0 fully saturated rings. The van der Waals surface area contributed by atoms with Crippen molar-refractivity contribution in [2.24, 2.45) is 0 Å². The molecule has 0 spiro atoms. The van der Waals surface area contributed by atoms with E-state index in [1.165, 1.54) is 14.2 Å². The van der Waals surface area contributed by atoms with Crippen LogP contribution in [0.25, 0.3) is 0 Å². The number of aryl methyl sites for hydroxylation is 1. The molecule has 0 atom stereocenters. The van der Waals surface area contributed by atoms with Gasteiger partial charge < -0.3 is 18.9 Å². The van der Waals surface area contributed by atoms with Gasteiger partial charge in [-0.15, -0.1) is 0 Å². The van der Waals surface area contributed by atoms with Gasteiger partial charge in [-0.25, -0.2) is 0 Å². The van der Waals surface area contributed by atoms with E-state index in [9.17, 15) is 9.59 Å². The van der Waals surface area contributed by atoms with Gasteiger partial charge in [0, 0.05) is 12.0 Å². The van der Waals surface area contributed by atoms with Crippen molar-refractivity contribution in [1.82, 2.24) is 0 Å². The summed E-state index contributed by atoms with van der Waals surface area (Å²) in [5.74, 6) is 1.01. The van der Waals surface area contributed by atoms with Crippen LogP contribution in [0.3, 0.4) is 0 Å². The first kappa shape index (κ1) is 20.3. The number of esters is 1. The third-order valence-electron chi connectivity index (χ3n) is 3.85. The summed E-state index contributed by atoms with van der Waals surface area (Å²) in [6, 6.07) is 12.5. The zero-order valence-electron chi connectivity index (χ0n) is 15.8. The Bertz CT molecular complexity index is 784. The number of carbonyl (C=O) groups is 2. The first-order chi connectivity index (χ1) is 13.0. The van der Waals surface area contributed by atoms with Crippen LogP contribution in [0.1, 0.15) is 28.8 Å². The molecular weight excluding hydrogens is 348 g/mol. The highest BCUT2D eigenvalue weighted by molar-refractivity contribution is 5.98. The van der Waals surface area contributed by atoms with Crippen LogP contribution in [-0.2, 0) is 9.53 Å². The standard InChI is InChI=1S/C21H24O6/c1-15-6-4-7-17(12-15)26-11-5-8-21(23)27-14-18(22)16-9-10-19(24-2)20(13-16)25-3/h4,6-7,9-10,12-13H,5,8,11,14H2,1-3H3. The fourth-order valence-electron chi connectivity index (χ4n) is 2.42. The lowest BCUT2D eigenvalue weighted by Gasteiger charge is -2.09. The van der Waals surface area contributed by atoms with Crippen LogP contribution in [0, 0.1) is 6.92 Å². The lowest BCUT2D eigenvalue weighted by molar-refractivity contribution is -0.142. The van der Waals surface area contributed by atoms with Gasteiger partial charge in [0.15, 0.2) is 23.9 Å². The average molecular weight is 372 g/mol. The van der Waals surface area contributed by atoms with Gasteiger partial charge in [0.05, 0.1) is 20.8 Å². The third kappa shape index (κ3) is 6.33. The van der Waals surface area contributed by atoms with E-state index in [4.69, 9.17) is 18.9 Å². The van der Waals surface area contributed by atoms with Crippen molar-refractivity contribution in [1.29, 1.82) is 0 Å². The average Bonchev–Trinajstić information content (AvgIpc) is 2.68. The molecule has 0 unspecified atom stereocenters. The summed E-state index contributed by atoms with van der Waals surface area (Å²) in [6.45, 7) is 2.08. The van der Waals surface area contributed by atoms with Crippen molar-refractivity contribution >= 4 is 11.8 Å². The van der Waals surface area contributed by atoms with Gasteiger partial charge in [-0.2, -0.15) is 0 Å². The third-order valence-corrected chi connectivity index (χ3v) is 3.85. The summed E-state index contributed by atoms with van der Waals surface area (Å²) in [5, 5.41) is 0. The summed E-state index contributed by atoms with van der Waals surface area (Å²) in [5.41, 5.74) is 1.50. The highest BCUT2D eigenvalue weighted by Crippen LogP contribution is 2.27. The Balaban J connectivity index is 1.72. The van der Waals surface area contributed by atoms with Crippen molar-refractivity contribution in [2.45, 2.75) is 19.8 Å². The molecule has 6 heteroatoms. The molecule has 0 saturated heterocycles. The summed E-state index contributed by atoms with van der Waals surface area (Å²) >= 11 is 0. The maximum Gasteiger partial charge on any atom is 0.306 e. The van der Waals surface area contributed by atoms with E-state index < -0.39 is 5.97 Å². The second-order valence-corrected chi connectivity index (χ2v) is 5.92. The van der Waals surface area contributed by atoms with Gasteiger partial charge >= 0.3 is 5.97 Å². The zero-order valence-corrected chi connectivity index (χ0v) is 15.8. The smallest absolute Gasteiger partial charge is 0.306 e. The Kier molecular flexibility index (Phi) is 7.67. The van der Waals surface area contributed by atoms with Gasteiger partial charge in [-0.1, -0.05) is 12.1 Å². The van der Waals surface area contributed by atoms with E-state index in [1.807, 2.05) is 31.2 Å². The van der Waals surface area contributed by atoms with E-state index in [1.54, 1.807) is 18.2 Å². The van der Waals surface area contributed by atoms with Crippen molar-refractivity contribution in [3.8, 4) is 17.2 Å². The van der Waals surface area contributed by atoms with E-state index in [2.05, 4.69) is 0 Å². The molecule has 2 aromatic rings. The molecule has 27 heavy (non-hydrogen) atoms. The van der Waals surface area contributed by atoms with E-state index >= 15 is 0 Å². The monoisotopic (exact) mass is 372 g/mol. The zero-order chi connectivity index (χ0) is 19.6. The number of ether oxygens (including phenoxy) is 4. The van der Waals surface area contributed by atoms with E-state index in [0.717, 1.165) is 11.3 Å². The molecule has 0 radical (unpaired) electrons. The minimum absolute atomic E-state index is 0.186. The fourth-order valence-corrected chi connectivity index (χ4v) is 2.42. The van der Waals surface area contributed by atoms with Crippen molar-refractivity contribution in [2.75, 3.05) is 27.4 Å². The van der Waals surface area contributed by atoms with Crippen LogP contribution in [0.15, 0.2) is 42.5 Å². The van der Waals surface area contributed by atoms with Crippen LogP contribution >= 0.6 is 0 Å². The molecule has 0 aliphatic rings. The number of hydrogen-bond acceptors (Lipinski definition) is 6. The van der Waals surface area contributed by atoms with Gasteiger partial charge in [0.25, 0.3) is 0 Å². The normalized spacial score (nSPS) is 10.2.